The van der Waals surface area contributed by atoms with E-state index >= 15 is 0 Å². The number of hydrogen-bond acceptors (Lipinski definition) is 8. The molecule has 1 heterocycles. The molecule has 0 atom stereocenters. The summed E-state index contributed by atoms with van der Waals surface area (Å²) in [5.41, 5.74) is 2.23. The van der Waals surface area contributed by atoms with E-state index in [-0.39, 0.29) is 13.2 Å². The Labute approximate surface area is 174 Å². The number of carbonyl (C=O) groups excluding carboxylic acids is 1. The lowest BCUT2D eigenvalue weighted by Gasteiger charge is -2.15. The highest BCUT2D eigenvalue weighted by molar-refractivity contribution is 5.93. The summed E-state index contributed by atoms with van der Waals surface area (Å²) in [7, 11) is 1.60. The quantitative estimate of drug-likeness (QED) is 0.295. The van der Waals surface area contributed by atoms with Gasteiger partial charge in [-0.05, 0) is 24.3 Å². The van der Waals surface area contributed by atoms with Crippen LogP contribution in [0.1, 0.15) is 5.56 Å². The van der Waals surface area contributed by atoms with E-state index in [4.69, 9.17) is 20.6 Å². The maximum Gasteiger partial charge on any atom is 0.293 e. The molecule has 3 rings (SSSR count). The highest BCUT2D eigenvalue weighted by atomic mass is 16.6. The van der Waals surface area contributed by atoms with Crippen molar-refractivity contribution in [3.05, 3.63) is 48.3 Å². The molecule has 8 heteroatoms. The van der Waals surface area contributed by atoms with Gasteiger partial charge in [0.05, 0.1) is 12.1 Å². The summed E-state index contributed by atoms with van der Waals surface area (Å²) in [6, 6.07) is 11.0. The van der Waals surface area contributed by atoms with Crippen molar-refractivity contribution in [1.82, 2.24) is 9.97 Å². The second kappa shape index (κ2) is 10.6. The van der Waals surface area contributed by atoms with Crippen LogP contribution in [0.25, 0.3) is 10.9 Å². The van der Waals surface area contributed by atoms with Crippen LogP contribution in [0.15, 0.2) is 42.7 Å². The fraction of sp³-hybridized carbons (Fsp3) is 0.227. The molecule has 0 aliphatic heterocycles. The number of terminal acetylenes is 1. The largest absolute Gasteiger partial charge is 0.487 e. The van der Waals surface area contributed by atoms with Crippen LogP contribution in [0.3, 0.4) is 0 Å². The van der Waals surface area contributed by atoms with Crippen molar-refractivity contribution in [1.29, 1.82) is 0 Å². The fourth-order valence-electron chi connectivity index (χ4n) is 2.70. The van der Waals surface area contributed by atoms with Crippen molar-refractivity contribution < 1.29 is 23.7 Å². The number of anilines is 2. The van der Waals surface area contributed by atoms with Gasteiger partial charge in [-0.25, -0.2) is 9.97 Å². The number of methoxy groups -OCH3 is 1. The predicted octanol–water partition coefficient (Wildman–Crippen LogP) is 2.93. The molecule has 1 N–H and O–H groups in total. The smallest absolute Gasteiger partial charge is 0.293 e. The molecule has 0 bridgehead atoms. The monoisotopic (exact) mass is 407 g/mol. The molecule has 0 unspecified atom stereocenters. The van der Waals surface area contributed by atoms with Gasteiger partial charge < -0.3 is 24.3 Å². The minimum atomic E-state index is 0.119. The molecule has 1 aromatic heterocycles. The van der Waals surface area contributed by atoms with Gasteiger partial charge in [0, 0.05) is 29.8 Å². The highest BCUT2D eigenvalue weighted by Gasteiger charge is 2.13. The number of nitrogens with one attached hydrogen (secondary N) is 1. The van der Waals surface area contributed by atoms with E-state index < -0.39 is 0 Å². The average molecular weight is 407 g/mol. The van der Waals surface area contributed by atoms with Crippen LogP contribution >= 0.6 is 0 Å². The molecular weight excluding hydrogens is 386 g/mol. The van der Waals surface area contributed by atoms with E-state index in [1.807, 2.05) is 24.3 Å². The van der Waals surface area contributed by atoms with Crippen molar-refractivity contribution in [3.8, 4) is 23.8 Å². The molecule has 0 fully saturated rings. The summed E-state index contributed by atoms with van der Waals surface area (Å²) >= 11 is 0. The zero-order valence-corrected chi connectivity index (χ0v) is 16.5. The first kappa shape index (κ1) is 20.9. The van der Waals surface area contributed by atoms with Crippen LogP contribution in [0, 0.1) is 12.3 Å². The number of ether oxygens (including phenoxy) is 4. The summed E-state index contributed by atoms with van der Waals surface area (Å²) < 4.78 is 21.2. The summed E-state index contributed by atoms with van der Waals surface area (Å²) in [6.45, 7) is 1.44. The van der Waals surface area contributed by atoms with Crippen molar-refractivity contribution in [3.63, 3.8) is 0 Å². The maximum absolute atomic E-state index is 10.3. The first-order valence-corrected chi connectivity index (χ1v) is 9.17. The lowest BCUT2D eigenvalue weighted by Crippen LogP contribution is -2.09. The zero-order chi connectivity index (χ0) is 21.2. The van der Waals surface area contributed by atoms with Crippen LogP contribution in [-0.4, -0.2) is 50.0 Å². The molecule has 0 amide bonds. The van der Waals surface area contributed by atoms with Crippen LogP contribution in [0.5, 0.6) is 11.5 Å². The Kier molecular flexibility index (Phi) is 7.41. The van der Waals surface area contributed by atoms with E-state index in [2.05, 4.69) is 25.9 Å². The van der Waals surface area contributed by atoms with Gasteiger partial charge >= 0.3 is 0 Å². The third-order valence-corrected chi connectivity index (χ3v) is 4.06. The molecule has 8 nitrogen and oxygen atoms in total. The second-order valence-corrected chi connectivity index (χ2v) is 6.05. The normalized spacial score (nSPS) is 10.3. The summed E-state index contributed by atoms with van der Waals surface area (Å²) in [4.78, 5) is 19.0. The van der Waals surface area contributed by atoms with Crippen LogP contribution < -0.4 is 14.8 Å². The number of nitrogens with zero attached hydrogens (tertiary/aromatic N) is 2. The lowest BCUT2D eigenvalue weighted by molar-refractivity contribution is -0.129. The van der Waals surface area contributed by atoms with Gasteiger partial charge in [-0.2, -0.15) is 0 Å². The molecule has 3 aromatic rings. The predicted molar refractivity (Wildman–Crippen MR) is 112 cm³/mol. The number of hydrogen-bond donors (Lipinski definition) is 1. The molecule has 0 aliphatic carbocycles. The number of rotatable bonds is 11. The number of fused-ring (bicyclic) bond motifs is 1. The van der Waals surface area contributed by atoms with Gasteiger partial charge in [-0.1, -0.05) is 12.0 Å². The Morgan fingerprint density at radius 1 is 1.07 bits per heavy atom. The molecular formula is C22H21N3O5. The average Bonchev–Trinajstić information content (AvgIpc) is 2.77. The topological polar surface area (TPSA) is 91.8 Å². The van der Waals surface area contributed by atoms with E-state index in [1.165, 1.54) is 6.33 Å². The third kappa shape index (κ3) is 5.37. The standard InChI is InChI=1S/C22H21N3O5/c1-3-16-5-4-6-17(11-16)25-22-18-12-20(30-10-8-28-15-26)21(29-9-7-27-2)13-19(18)23-14-24-22/h1,4-6,11-15H,7-10H2,2H3,(H,23,24,25). The van der Waals surface area contributed by atoms with E-state index in [0.717, 1.165) is 16.6 Å². The van der Waals surface area contributed by atoms with Gasteiger partial charge in [0.2, 0.25) is 0 Å². The van der Waals surface area contributed by atoms with Gasteiger partial charge in [-0.3, -0.25) is 4.79 Å². The zero-order valence-electron chi connectivity index (χ0n) is 16.5. The number of aromatic nitrogens is 2. The molecule has 0 saturated carbocycles. The maximum atomic E-state index is 10.3. The molecule has 0 radical (unpaired) electrons. The Morgan fingerprint density at radius 2 is 1.87 bits per heavy atom. The highest BCUT2D eigenvalue weighted by Crippen LogP contribution is 2.35. The van der Waals surface area contributed by atoms with E-state index in [9.17, 15) is 4.79 Å². The molecule has 0 spiro atoms. The van der Waals surface area contributed by atoms with E-state index in [1.54, 1.807) is 19.2 Å². The van der Waals surface area contributed by atoms with Gasteiger partial charge in [0.1, 0.15) is 32.0 Å². The molecule has 0 aliphatic rings. The van der Waals surface area contributed by atoms with Crippen LogP contribution in [-0.2, 0) is 14.3 Å². The minimum absolute atomic E-state index is 0.119. The second-order valence-electron chi connectivity index (χ2n) is 6.05. The summed E-state index contributed by atoms with van der Waals surface area (Å²) in [5.74, 6) is 4.18. The molecule has 30 heavy (non-hydrogen) atoms. The van der Waals surface area contributed by atoms with E-state index in [0.29, 0.717) is 42.5 Å². The SMILES string of the molecule is C#Cc1cccc(Nc2ncnc3cc(OCCOC)c(OCCOC=O)cc23)c1. The fourth-order valence-corrected chi connectivity index (χ4v) is 2.70. The van der Waals surface area contributed by atoms with Gasteiger partial charge in [0.15, 0.2) is 11.5 Å². The molecule has 0 saturated heterocycles. The first-order valence-electron chi connectivity index (χ1n) is 9.17. The summed E-state index contributed by atoms with van der Waals surface area (Å²) in [6.07, 6.45) is 6.95. The van der Waals surface area contributed by atoms with Crippen molar-refractivity contribution in [2.45, 2.75) is 0 Å². The van der Waals surface area contributed by atoms with Gasteiger partial charge in [0.25, 0.3) is 6.47 Å². The number of benzene rings is 2. The summed E-state index contributed by atoms with van der Waals surface area (Å²) in [5, 5.41) is 3.99. The van der Waals surface area contributed by atoms with Gasteiger partial charge in [-0.15, -0.1) is 6.42 Å². The van der Waals surface area contributed by atoms with Crippen molar-refractivity contribution >= 4 is 28.9 Å². The Bertz CT molecular complexity index is 1050. The Morgan fingerprint density at radius 3 is 2.63 bits per heavy atom. The minimum Gasteiger partial charge on any atom is -0.487 e. The van der Waals surface area contributed by atoms with Crippen molar-refractivity contribution in [2.24, 2.45) is 0 Å². The van der Waals surface area contributed by atoms with Crippen molar-refractivity contribution in [2.75, 3.05) is 38.9 Å². The lowest BCUT2D eigenvalue weighted by atomic mass is 10.2. The van der Waals surface area contributed by atoms with Crippen LogP contribution in [0.4, 0.5) is 11.5 Å². The molecule has 154 valence electrons. The first-order chi connectivity index (χ1) is 14.7. The Hall–Kier alpha value is -3.83. The number of carbonyl (C=O) groups is 1. The molecule has 2 aromatic carbocycles. The third-order valence-electron chi connectivity index (χ3n) is 4.06. The Balaban J connectivity index is 1.94. The van der Waals surface area contributed by atoms with Crippen LogP contribution in [0.2, 0.25) is 0 Å².